The third kappa shape index (κ3) is 2.77. The van der Waals surface area contributed by atoms with Crippen molar-refractivity contribution in [2.24, 2.45) is 5.84 Å². The predicted molar refractivity (Wildman–Crippen MR) is 59.5 cm³/mol. The van der Waals surface area contributed by atoms with Crippen LogP contribution in [0.5, 0.6) is 0 Å². The maximum atomic E-state index is 8.73. The zero-order valence-corrected chi connectivity index (χ0v) is 9.04. The van der Waals surface area contributed by atoms with Gasteiger partial charge in [0.1, 0.15) is 17.5 Å². The highest BCUT2D eigenvalue weighted by atomic mass is 16.3. The van der Waals surface area contributed by atoms with Crippen LogP contribution in [-0.4, -0.2) is 28.2 Å². The second-order valence-corrected chi connectivity index (χ2v) is 3.11. The van der Waals surface area contributed by atoms with Crippen LogP contribution in [0, 0.1) is 6.92 Å². The lowest BCUT2D eigenvalue weighted by molar-refractivity contribution is 0.311. The van der Waals surface area contributed by atoms with Gasteiger partial charge in [-0.1, -0.05) is 6.92 Å². The highest BCUT2D eigenvalue weighted by Crippen LogP contribution is 2.18. The standard InChI is InChI=1S/C9H17N5O/c1-3-7-12-8(11-4-5-15)6(2)9(13-7)14-10/h15H,3-5,10H2,1-2H3,(H2,11,12,13,14). The van der Waals surface area contributed by atoms with E-state index in [0.717, 1.165) is 12.0 Å². The molecular formula is C9H17N5O. The van der Waals surface area contributed by atoms with Crippen LogP contribution in [0.1, 0.15) is 18.3 Å². The Morgan fingerprint density at radius 2 is 2.00 bits per heavy atom. The molecule has 0 aliphatic rings. The van der Waals surface area contributed by atoms with Gasteiger partial charge < -0.3 is 15.8 Å². The van der Waals surface area contributed by atoms with Crippen molar-refractivity contribution < 1.29 is 5.11 Å². The Labute approximate surface area is 88.9 Å². The van der Waals surface area contributed by atoms with Gasteiger partial charge in [0.2, 0.25) is 0 Å². The van der Waals surface area contributed by atoms with E-state index in [1.807, 2.05) is 13.8 Å². The van der Waals surface area contributed by atoms with Crippen molar-refractivity contribution in [1.82, 2.24) is 9.97 Å². The number of aliphatic hydroxyl groups is 1. The van der Waals surface area contributed by atoms with Crippen molar-refractivity contribution in [1.29, 1.82) is 0 Å². The first kappa shape index (κ1) is 11.7. The molecule has 1 heterocycles. The lowest BCUT2D eigenvalue weighted by Gasteiger charge is -2.12. The van der Waals surface area contributed by atoms with Gasteiger partial charge in [0.25, 0.3) is 0 Å². The minimum absolute atomic E-state index is 0.0658. The highest BCUT2D eigenvalue weighted by molar-refractivity contribution is 5.56. The second-order valence-electron chi connectivity index (χ2n) is 3.11. The van der Waals surface area contributed by atoms with Crippen LogP contribution in [0.4, 0.5) is 11.6 Å². The Balaban J connectivity index is 3.01. The molecule has 0 spiro atoms. The normalized spacial score (nSPS) is 10.1. The van der Waals surface area contributed by atoms with Crippen LogP contribution in [0.2, 0.25) is 0 Å². The fraction of sp³-hybridized carbons (Fsp3) is 0.556. The quantitative estimate of drug-likeness (QED) is 0.405. The molecule has 0 aliphatic carbocycles. The number of hydrogen-bond acceptors (Lipinski definition) is 6. The average Bonchev–Trinajstić information content (AvgIpc) is 2.27. The largest absolute Gasteiger partial charge is 0.395 e. The number of nitrogens with one attached hydrogen (secondary N) is 2. The Hall–Kier alpha value is -1.40. The summed E-state index contributed by atoms with van der Waals surface area (Å²) in [6.07, 6.45) is 0.739. The van der Waals surface area contributed by atoms with E-state index in [-0.39, 0.29) is 6.61 Å². The topological polar surface area (TPSA) is 96.1 Å². The van der Waals surface area contributed by atoms with Crippen LogP contribution < -0.4 is 16.6 Å². The predicted octanol–water partition coefficient (Wildman–Crippen LogP) is 0.0372. The molecule has 84 valence electrons. The minimum atomic E-state index is 0.0658. The van der Waals surface area contributed by atoms with E-state index in [2.05, 4.69) is 20.7 Å². The molecule has 0 aliphatic heterocycles. The number of nitrogen functional groups attached to an aromatic ring is 1. The van der Waals surface area contributed by atoms with Crippen LogP contribution in [0.15, 0.2) is 0 Å². The smallest absolute Gasteiger partial charge is 0.148 e. The molecule has 6 heteroatoms. The molecule has 5 N–H and O–H groups in total. The number of anilines is 2. The summed E-state index contributed by atoms with van der Waals surface area (Å²) in [5.41, 5.74) is 3.38. The van der Waals surface area contributed by atoms with Crippen molar-refractivity contribution in [3.63, 3.8) is 0 Å². The molecule has 0 bridgehead atoms. The van der Waals surface area contributed by atoms with Gasteiger partial charge in [-0.25, -0.2) is 15.8 Å². The average molecular weight is 211 g/mol. The number of nitrogens with two attached hydrogens (primary N) is 1. The highest BCUT2D eigenvalue weighted by Gasteiger charge is 2.08. The zero-order chi connectivity index (χ0) is 11.3. The van der Waals surface area contributed by atoms with E-state index in [4.69, 9.17) is 10.9 Å². The van der Waals surface area contributed by atoms with Gasteiger partial charge in [0.15, 0.2) is 0 Å². The van der Waals surface area contributed by atoms with Gasteiger partial charge in [0, 0.05) is 18.5 Å². The Kier molecular flexibility index (Phi) is 4.26. The Bertz CT molecular complexity index is 329. The first-order valence-corrected chi connectivity index (χ1v) is 4.91. The van der Waals surface area contributed by atoms with E-state index < -0.39 is 0 Å². The number of hydrazine groups is 1. The lowest BCUT2D eigenvalue weighted by Crippen LogP contribution is -2.16. The summed E-state index contributed by atoms with van der Waals surface area (Å²) in [4.78, 5) is 8.54. The van der Waals surface area contributed by atoms with Crippen LogP contribution >= 0.6 is 0 Å². The fourth-order valence-electron chi connectivity index (χ4n) is 1.21. The molecule has 0 atom stereocenters. The summed E-state index contributed by atoms with van der Waals surface area (Å²) < 4.78 is 0. The summed E-state index contributed by atoms with van der Waals surface area (Å²) in [5.74, 6) is 7.40. The third-order valence-corrected chi connectivity index (χ3v) is 2.05. The molecule has 0 aromatic carbocycles. The van der Waals surface area contributed by atoms with Gasteiger partial charge in [-0.05, 0) is 6.92 Å². The van der Waals surface area contributed by atoms with Crippen molar-refractivity contribution in [3.05, 3.63) is 11.4 Å². The van der Waals surface area contributed by atoms with Crippen molar-refractivity contribution >= 4 is 11.6 Å². The molecule has 1 rings (SSSR count). The fourth-order valence-corrected chi connectivity index (χ4v) is 1.21. The molecule has 0 radical (unpaired) electrons. The summed E-state index contributed by atoms with van der Waals surface area (Å²) in [5, 5.41) is 11.7. The van der Waals surface area contributed by atoms with Gasteiger partial charge in [-0.15, -0.1) is 0 Å². The molecule has 0 amide bonds. The Morgan fingerprint density at radius 3 is 2.53 bits per heavy atom. The molecule has 0 unspecified atom stereocenters. The zero-order valence-electron chi connectivity index (χ0n) is 9.04. The van der Waals surface area contributed by atoms with Crippen molar-refractivity contribution in [2.75, 3.05) is 23.9 Å². The molecule has 0 saturated carbocycles. The van der Waals surface area contributed by atoms with E-state index in [0.29, 0.717) is 24.0 Å². The number of aliphatic hydroxyl groups excluding tert-OH is 1. The third-order valence-electron chi connectivity index (χ3n) is 2.05. The molecule has 15 heavy (non-hydrogen) atoms. The van der Waals surface area contributed by atoms with E-state index in [1.165, 1.54) is 0 Å². The summed E-state index contributed by atoms with van der Waals surface area (Å²) in [7, 11) is 0. The summed E-state index contributed by atoms with van der Waals surface area (Å²) >= 11 is 0. The summed E-state index contributed by atoms with van der Waals surface area (Å²) in [6, 6.07) is 0. The van der Waals surface area contributed by atoms with Gasteiger partial charge >= 0.3 is 0 Å². The first-order valence-electron chi connectivity index (χ1n) is 4.91. The maximum Gasteiger partial charge on any atom is 0.148 e. The van der Waals surface area contributed by atoms with E-state index >= 15 is 0 Å². The van der Waals surface area contributed by atoms with E-state index in [9.17, 15) is 0 Å². The van der Waals surface area contributed by atoms with Gasteiger partial charge in [-0.2, -0.15) is 0 Å². The van der Waals surface area contributed by atoms with Crippen LogP contribution in [0.25, 0.3) is 0 Å². The maximum absolute atomic E-state index is 8.73. The number of aromatic nitrogens is 2. The Morgan fingerprint density at radius 1 is 1.33 bits per heavy atom. The van der Waals surface area contributed by atoms with Crippen molar-refractivity contribution in [2.45, 2.75) is 20.3 Å². The molecule has 6 nitrogen and oxygen atoms in total. The van der Waals surface area contributed by atoms with Crippen molar-refractivity contribution in [3.8, 4) is 0 Å². The minimum Gasteiger partial charge on any atom is -0.395 e. The van der Waals surface area contributed by atoms with Gasteiger partial charge in [0.05, 0.1) is 6.61 Å². The lowest BCUT2D eigenvalue weighted by atomic mass is 10.3. The number of aryl methyl sites for hydroxylation is 1. The molecule has 0 saturated heterocycles. The number of nitrogens with zero attached hydrogens (tertiary/aromatic N) is 2. The second kappa shape index (κ2) is 5.47. The molecule has 1 aromatic rings. The molecular weight excluding hydrogens is 194 g/mol. The monoisotopic (exact) mass is 211 g/mol. The number of rotatable bonds is 5. The van der Waals surface area contributed by atoms with Gasteiger partial charge in [-0.3, -0.25) is 0 Å². The first-order chi connectivity index (χ1) is 7.22. The molecule has 1 aromatic heterocycles. The van der Waals surface area contributed by atoms with Crippen LogP contribution in [-0.2, 0) is 6.42 Å². The summed E-state index contributed by atoms with van der Waals surface area (Å²) in [6.45, 7) is 4.37. The van der Waals surface area contributed by atoms with Crippen LogP contribution in [0.3, 0.4) is 0 Å². The SMILES string of the molecule is CCc1nc(NN)c(C)c(NCCO)n1. The molecule has 0 fully saturated rings. The van der Waals surface area contributed by atoms with E-state index in [1.54, 1.807) is 0 Å². The number of hydrogen-bond donors (Lipinski definition) is 4.